The Labute approximate surface area is 183 Å². The summed E-state index contributed by atoms with van der Waals surface area (Å²) in [5.41, 5.74) is 3.38. The lowest BCUT2D eigenvalue weighted by Gasteiger charge is -2.21. The third kappa shape index (κ3) is 7.36. The molecule has 0 fully saturated rings. The molecular formula is C19H29IN4O2S. The van der Waals surface area contributed by atoms with Gasteiger partial charge in [0.05, 0.1) is 18.8 Å². The number of nitrogens with one attached hydrogen (secondary N) is 1. The van der Waals surface area contributed by atoms with Crippen molar-refractivity contribution in [3.8, 4) is 0 Å². The van der Waals surface area contributed by atoms with Crippen LogP contribution in [-0.2, 0) is 29.2 Å². The van der Waals surface area contributed by atoms with Crippen LogP contribution in [0.15, 0.2) is 34.6 Å². The summed E-state index contributed by atoms with van der Waals surface area (Å²) < 4.78 is 10.5. The van der Waals surface area contributed by atoms with Crippen LogP contribution in [-0.4, -0.2) is 44.2 Å². The number of methoxy groups -OCH3 is 2. The summed E-state index contributed by atoms with van der Waals surface area (Å²) >= 11 is 1.63. The Morgan fingerprint density at radius 2 is 1.93 bits per heavy atom. The summed E-state index contributed by atoms with van der Waals surface area (Å²) in [6, 6.07) is 8.38. The molecule has 150 valence electrons. The Kier molecular flexibility index (Phi) is 10.8. The Hall–Kier alpha value is -1.23. The van der Waals surface area contributed by atoms with Gasteiger partial charge >= 0.3 is 0 Å². The van der Waals surface area contributed by atoms with Crippen LogP contribution in [0, 0.1) is 0 Å². The maximum Gasteiger partial charge on any atom is 0.194 e. The van der Waals surface area contributed by atoms with E-state index in [1.54, 1.807) is 32.6 Å². The van der Waals surface area contributed by atoms with E-state index in [1.807, 2.05) is 14.0 Å². The highest BCUT2D eigenvalue weighted by atomic mass is 127. The molecule has 1 aromatic heterocycles. The van der Waals surface area contributed by atoms with Gasteiger partial charge in [0, 0.05) is 40.2 Å². The van der Waals surface area contributed by atoms with Crippen molar-refractivity contribution >= 4 is 41.3 Å². The first kappa shape index (κ1) is 23.8. The maximum atomic E-state index is 5.32. The number of hydrogen-bond donors (Lipinski definition) is 1. The highest BCUT2D eigenvalue weighted by Gasteiger charge is 2.12. The number of aromatic nitrogens is 1. The molecule has 6 nitrogen and oxygen atoms in total. The van der Waals surface area contributed by atoms with Crippen molar-refractivity contribution in [2.45, 2.75) is 32.7 Å². The smallest absolute Gasteiger partial charge is 0.194 e. The van der Waals surface area contributed by atoms with Crippen molar-refractivity contribution in [1.29, 1.82) is 0 Å². The topological polar surface area (TPSA) is 59.0 Å². The first-order chi connectivity index (χ1) is 12.6. The molecule has 0 bridgehead atoms. The van der Waals surface area contributed by atoms with E-state index in [-0.39, 0.29) is 30.1 Å². The Morgan fingerprint density at radius 3 is 2.52 bits per heavy atom. The van der Waals surface area contributed by atoms with Crippen LogP contribution in [0.5, 0.6) is 0 Å². The predicted octanol–water partition coefficient (Wildman–Crippen LogP) is 3.82. The van der Waals surface area contributed by atoms with Gasteiger partial charge in [0.25, 0.3) is 0 Å². The molecule has 2 aromatic rings. The summed E-state index contributed by atoms with van der Waals surface area (Å²) in [6.07, 6.45) is 0.0255. The van der Waals surface area contributed by atoms with Crippen LogP contribution in [0.4, 0.5) is 0 Å². The van der Waals surface area contributed by atoms with Gasteiger partial charge in [-0.25, -0.2) is 4.98 Å². The van der Waals surface area contributed by atoms with Gasteiger partial charge in [0.2, 0.25) is 0 Å². The number of hydrogen-bond acceptors (Lipinski definition) is 5. The number of rotatable bonds is 8. The Bertz CT molecular complexity index is 706. The van der Waals surface area contributed by atoms with Crippen molar-refractivity contribution in [3.05, 3.63) is 51.5 Å². The summed E-state index contributed by atoms with van der Waals surface area (Å²) in [6.45, 7) is 4.05. The first-order valence-corrected chi connectivity index (χ1v) is 9.41. The SMILES string of the molecule is CN=C(NCc1ccc(COC)cc1)N(C)Cc1csc(C(C)OC)n1.I. The minimum absolute atomic E-state index is 0. The normalized spacial score (nSPS) is 12.4. The molecule has 27 heavy (non-hydrogen) atoms. The van der Waals surface area contributed by atoms with E-state index in [0.29, 0.717) is 19.7 Å². The number of benzene rings is 1. The average Bonchev–Trinajstić information content (AvgIpc) is 3.11. The fraction of sp³-hybridized carbons (Fsp3) is 0.474. The van der Waals surface area contributed by atoms with Crippen LogP contribution < -0.4 is 5.32 Å². The molecular weight excluding hydrogens is 475 g/mol. The van der Waals surface area contributed by atoms with Crippen LogP contribution >= 0.6 is 35.3 Å². The molecule has 1 heterocycles. The van der Waals surface area contributed by atoms with Crippen LogP contribution in [0.25, 0.3) is 0 Å². The highest BCUT2D eigenvalue weighted by molar-refractivity contribution is 14.0. The number of aliphatic imine (C=N–C) groups is 1. The Balaban J connectivity index is 0.00000364. The second-order valence-corrected chi connectivity index (χ2v) is 6.95. The summed E-state index contributed by atoms with van der Waals surface area (Å²) in [7, 11) is 7.21. The molecule has 0 aliphatic heterocycles. The summed E-state index contributed by atoms with van der Waals surface area (Å²) in [5.74, 6) is 0.834. The molecule has 1 N–H and O–H groups in total. The zero-order valence-electron chi connectivity index (χ0n) is 16.6. The number of halogens is 1. The molecule has 0 saturated heterocycles. The van der Waals surface area contributed by atoms with Gasteiger partial charge in [-0.3, -0.25) is 4.99 Å². The van der Waals surface area contributed by atoms with Crippen LogP contribution in [0.3, 0.4) is 0 Å². The second-order valence-electron chi connectivity index (χ2n) is 6.06. The van der Waals surface area contributed by atoms with Crippen LogP contribution in [0.2, 0.25) is 0 Å². The highest BCUT2D eigenvalue weighted by Crippen LogP contribution is 2.20. The zero-order valence-corrected chi connectivity index (χ0v) is 19.7. The van der Waals surface area contributed by atoms with Crippen molar-refractivity contribution in [2.24, 2.45) is 4.99 Å². The predicted molar refractivity (Wildman–Crippen MR) is 122 cm³/mol. The van der Waals surface area contributed by atoms with E-state index in [0.717, 1.165) is 16.7 Å². The molecule has 0 aliphatic carbocycles. The molecule has 0 aliphatic rings. The number of nitrogens with zero attached hydrogens (tertiary/aromatic N) is 3. The van der Waals surface area contributed by atoms with E-state index in [1.165, 1.54) is 11.1 Å². The maximum absolute atomic E-state index is 5.32. The first-order valence-electron chi connectivity index (χ1n) is 8.53. The molecule has 0 saturated carbocycles. The molecule has 1 atom stereocenters. The zero-order chi connectivity index (χ0) is 18.9. The second kappa shape index (κ2) is 12.3. The standard InChI is InChI=1S/C19H28N4O2S.HI/c1-14(25-5)18-22-17(13-26-18)11-23(3)19(20-2)21-10-15-6-8-16(9-7-15)12-24-4;/h6-9,13-14H,10-12H2,1-5H3,(H,20,21);1H. The number of ether oxygens (including phenoxy) is 2. The van der Waals surface area contributed by atoms with Gasteiger partial charge in [-0.05, 0) is 18.1 Å². The lowest BCUT2D eigenvalue weighted by atomic mass is 10.1. The van der Waals surface area contributed by atoms with Crippen molar-refractivity contribution in [3.63, 3.8) is 0 Å². The molecule has 0 spiro atoms. The van der Waals surface area contributed by atoms with E-state index >= 15 is 0 Å². The lowest BCUT2D eigenvalue weighted by Crippen LogP contribution is -2.38. The molecule has 0 radical (unpaired) electrons. The minimum Gasteiger partial charge on any atom is -0.380 e. The molecule has 8 heteroatoms. The quantitative estimate of drug-likeness (QED) is 0.337. The third-order valence-corrected chi connectivity index (χ3v) is 5.08. The van der Waals surface area contributed by atoms with E-state index in [2.05, 4.69) is 49.8 Å². The van der Waals surface area contributed by atoms with Gasteiger partial charge in [-0.2, -0.15) is 0 Å². The van der Waals surface area contributed by atoms with Crippen molar-refractivity contribution in [1.82, 2.24) is 15.2 Å². The third-order valence-electron chi connectivity index (χ3n) is 4.03. The number of thiazole rings is 1. The summed E-state index contributed by atoms with van der Waals surface area (Å²) in [4.78, 5) is 11.1. The van der Waals surface area contributed by atoms with Crippen molar-refractivity contribution < 1.29 is 9.47 Å². The van der Waals surface area contributed by atoms with Gasteiger partial charge in [0.1, 0.15) is 11.1 Å². The van der Waals surface area contributed by atoms with Gasteiger partial charge in [-0.15, -0.1) is 35.3 Å². The van der Waals surface area contributed by atoms with Crippen molar-refractivity contribution in [2.75, 3.05) is 28.3 Å². The fourth-order valence-electron chi connectivity index (χ4n) is 2.49. The molecule has 0 amide bonds. The van der Waals surface area contributed by atoms with E-state index < -0.39 is 0 Å². The molecule has 1 aromatic carbocycles. The largest absolute Gasteiger partial charge is 0.380 e. The molecule has 2 rings (SSSR count). The minimum atomic E-state index is 0. The van der Waals surface area contributed by atoms with Gasteiger partial charge < -0.3 is 19.7 Å². The van der Waals surface area contributed by atoms with Crippen LogP contribution in [0.1, 0.15) is 34.9 Å². The van der Waals surface area contributed by atoms with E-state index in [9.17, 15) is 0 Å². The monoisotopic (exact) mass is 504 g/mol. The summed E-state index contributed by atoms with van der Waals surface area (Å²) in [5, 5.41) is 6.46. The fourth-order valence-corrected chi connectivity index (χ4v) is 3.33. The van der Waals surface area contributed by atoms with E-state index in [4.69, 9.17) is 9.47 Å². The van der Waals surface area contributed by atoms with Gasteiger partial charge in [-0.1, -0.05) is 24.3 Å². The lowest BCUT2D eigenvalue weighted by molar-refractivity contribution is 0.119. The average molecular weight is 504 g/mol. The molecule has 1 unspecified atom stereocenters. The Morgan fingerprint density at radius 1 is 1.26 bits per heavy atom. The number of guanidine groups is 1. The van der Waals surface area contributed by atoms with Gasteiger partial charge in [0.15, 0.2) is 5.96 Å².